The van der Waals surface area contributed by atoms with Crippen molar-refractivity contribution in [1.82, 2.24) is 15.3 Å². The number of methoxy groups -OCH3 is 1. The molecule has 0 aromatic carbocycles. The number of halogens is 1. The third kappa shape index (κ3) is 2.91. The molecule has 4 fully saturated rings. The first kappa shape index (κ1) is 16.8. The lowest BCUT2D eigenvalue weighted by Crippen LogP contribution is -2.59. The molecule has 0 atom stereocenters. The Morgan fingerprint density at radius 1 is 1.22 bits per heavy atom. The molecule has 142 valence electrons. The van der Waals surface area contributed by atoms with Crippen molar-refractivity contribution in [2.45, 2.75) is 44.1 Å². The van der Waals surface area contributed by atoms with Gasteiger partial charge in [-0.2, -0.15) is 0 Å². The molecule has 27 heavy (non-hydrogen) atoms. The maximum absolute atomic E-state index is 13.6. The van der Waals surface area contributed by atoms with E-state index in [-0.39, 0.29) is 11.4 Å². The van der Waals surface area contributed by atoms with Gasteiger partial charge in [-0.25, -0.2) is 9.37 Å². The molecule has 4 saturated carbocycles. The van der Waals surface area contributed by atoms with Gasteiger partial charge < -0.3 is 15.0 Å². The van der Waals surface area contributed by atoms with Crippen molar-refractivity contribution in [2.75, 3.05) is 7.11 Å². The number of nitrogens with one attached hydrogen (secondary N) is 2. The monoisotopic (exact) mass is 369 g/mol. The molecule has 4 aliphatic carbocycles. The predicted molar refractivity (Wildman–Crippen MR) is 98.9 cm³/mol. The largest absolute Gasteiger partial charge is 0.481 e. The quantitative estimate of drug-likeness (QED) is 0.858. The van der Waals surface area contributed by atoms with Gasteiger partial charge in [-0.1, -0.05) is 0 Å². The third-order valence-corrected chi connectivity index (χ3v) is 6.67. The molecule has 6 rings (SSSR count). The third-order valence-electron chi connectivity index (χ3n) is 6.67. The molecule has 2 N–H and O–H groups in total. The summed E-state index contributed by atoms with van der Waals surface area (Å²) >= 11 is 0. The minimum Gasteiger partial charge on any atom is -0.481 e. The zero-order chi connectivity index (χ0) is 18.6. The van der Waals surface area contributed by atoms with E-state index in [1.54, 1.807) is 12.3 Å². The smallest absolute Gasteiger partial charge is 0.268 e. The van der Waals surface area contributed by atoms with Crippen LogP contribution in [-0.4, -0.2) is 28.5 Å². The standard InChI is InChI=1S/C21H24FN3O2/c1-27-20-17(6-16(22)11-24-20)15-5-18(23-10-15)19(26)25-21-7-12-2-13(8-21)4-14(3-12)9-21/h5-6,10-14,23H,2-4,7-9H2,1H3,(H,25,26). The zero-order valence-electron chi connectivity index (χ0n) is 15.4. The second-order valence-corrected chi connectivity index (χ2v) is 8.66. The lowest BCUT2D eigenvalue weighted by Gasteiger charge is -2.56. The van der Waals surface area contributed by atoms with Gasteiger partial charge in [0.25, 0.3) is 5.91 Å². The predicted octanol–water partition coefficient (Wildman–Crippen LogP) is 3.92. The number of amides is 1. The number of carbonyl (C=O) groups is 1. The second kappa shape index (κ2) is 6.08. The van der Waals surface area contributed by atoms with Gasteiger partial charge in [-0.15, -0.1) is 0 Å². The summed E-state index contributed by atoms with van der Waals surface area (Å²) in [5.41, 5.74) is 1.68. The van der Waals surface area contributed by atoms with E-state index in [0.717, 1.165) is 43.2 Å². The van der Waals surface area contributed by atoms with E-state index in [4.69, 9.17) is 4.74 Å². The number of aromatic amines is 1. The van der Waals surface area contributed by atoms with E-state index < -0.39 is 5.82 Å². The van der Waals surface area contributed by atoms with Gasteiger partial charge in [-0.05, 0) is 68.4 Å². The van der Waals surface area contributed by atoms with Crippen LogP contribution < -0.4 is 10.1 Å². The van der Waals surface area contributed by atoms with Crippen molar-refractivity contribution in [3.63, 3.8) is 0 Å². The van der Waals surface area contributed by atoms with Crippen LogP contribution in [0, 0.1) is 23.6 Å². The number of aromatic nitrogens is 2. The maximum Gasteiger partial charge on any atom is 0.268 e. The summed E-state index contributed by atoms with van der Waals surface area (Å²) in [5.74, 6) is 2.15. The highest BCUT2D eigenvalue weighted by atomic mass is 19.1. The van der Waals surface area contributed by atoms with Gasteiger partial charge in [0.05, 0.1) is 13.3 Å². The number of hydrogen-bond acceptors (Lipinski definition) is 3. The van der Waals surface area contributed by atoms with Crippen LogP contribution in [0.15, 0.2) is 24.5 Å². The number of ether oxygens (including phenoxy) is 1. The highest BCUT2D eigenvalue weighted by Gasteiger charge is 2.51. The molecule has 2 aromatic heterocycles. The number of nitrogens with zero attached hydrogens (tertiary/aromatic N) is 1. The molecule has 0 radical (unpaired) electrons. The molecule has 0 aliphatic heterocycles. The summed E-state index contributed by atoms with van der Waals surface area (Å²) in [7, 11) is 1.50. The van der Waals surface area contributed by atoms with Gasteiger partial charge in [0, 0.05) is 22.9 Å². The average Bonchev–Trinajstić information content (AvgIpc) is 3.10. The van der Waals surface area contributed by atoms with Crippen LogP contribution in [0.1, 0.15) is 49.0 Å². The van der Waals surface area contributed by atoms with E-state index in [1.807, 2.05) is 0 Å². The van der Waals surface area contributed by atoms with Crippen molar-refractivity contribution < 1.29 is 13.9 Å². The summed E-state index contributed by atoms with van der Waals surface area (Å²) in [6, 6.07) is 3.12. The van der Waals surface area contributed by atoms with E-state index in [2.05, 4.69) is 15.3 Å². The van der Waals surface area contributed by atoms with E-state index in [1.165, 1.54) is 32.4 Å². The highest BCUT2D eigenvalue weighted by Crippen LogP contribution is 2.55. The van der Waals surface area contributed by atoms with Gasteiger partial charge >= 0.3 is 0 Å². The van der Waals surface area contributed by atoms with Crippen LogP contribution in [0.4, 0.5) is 4.39 Å². The van der Waals surface area contributed by atoms with Crippen LogP contribution in [0.25, 0.3) is 11.1 Å². The van der Waals surface area contributed by atoms with Gasteiger partial charge in [-0.3, -0.25) is 4.79 Å². The Labute approximate surface area is 157 Å². The van der Waals surface area contributed by atoms with Crippen molar-refractivity contribution in [3.05, 3.63) is 36.0 Å². The first-order chi connectivity index (χ1) is 13.0. The van der Waals surface area contributed by atoms with E-state index in [9.17, 15) is 9.18 Å². The molecule has 6 heteroatoms. The van der Waals surface area contributed by atoms with Crippen molar-refractivity contribution in [1.29, 1.82) is 0 Å². The van der Waals surface area contributed by atoms with Crippen LogP contribution in [-0.2, 0) is 0 Å². The number of rotatable bonds is 4. The number of hydrogen-bond donors (Lipinski definition) is 2. The molecule has 4 aliphatic rings. The minimum absolute atomic E-state index is 0.0325. The summed E-state index contributed by atoms with van der Waals surface area (Å²) < 4.78 is 18.8. The van der Waals surface area contributed by atoms with Gasteiger partial charge in [0.2, 0.25) is 5.88 Å². The molecule has 1 amide bonds. The summed E-state index contributed by atoms with van der Waals surface area (Å²) in [6.45, 7) is 0. The first-order valence-electron chi connectivity index (χ1n) is 9.74. The number of pyridine rings is 1. The zero-order valence-corrected chi connectivity index (χ0v) is 15.4. The Kier molecular flexibility index (Phi) is 3.78. The highest BCUT2D eigenvalue weighted by molar-refractivity contribution is 5.94. The SMILES string of the molecule is COc1ncc(F)cc1-c1c[nH]c(C(=O)NC23CC4CC(CC(C4)C2)C3)c1. The Bertz CT molecular complexity index is 856. The lowest BCUT2D eigenvalue weighted by molar-refractivity contribution is -0.0167. The Morgan fingerprint density at radius 3 is 2.52 bits per heavy atom. The van der Waals surface area contributed by atoms with Crippen LogP contribution in [0.2, 0.25) is 0 Å². The normalized spacial score (nSPS) is 31.1. The second-order valence-electron chi connectivity index (χ2n) is 8.66. The minimum atomic E-state index is -0.438. The molecule has 2 aromatic rings. The number of H-pyrrole nitrogens is 1. The maximum atomic E-state index is 13.6. The van der Waals surface area contributed by atoms with Crippen LogP contribution in [0.3, 0.4) is 0 Å². The van der Waals surface area contributed by atoms with Crippen molar-refractivity contribution in [2.24, 2.45) is 17.8 Å². The Morgan fingerprint density at radius 2 is 1.89 bits per heavy atom. The van der Waals surface area contributed by atoms with Gasteiger partial charge in [0.1, 0.15) is 11.5 Å². The summed E-state index contributed by atoms with van der Waals surface area (Å²) in [5, 5.41) is 3.35. The Balaban J connectivity index is 1.37. The van der Waals surface area contributed by atoms with Crippen LogP contribution in [0.5, 0.6) is 5.88 Å². The molecule has 2 heterocycles. The average molecular weight is 369 g/mol. The molecule has 0 spiro atoms. The Hall–Kier alpha value is -2.37. The molecule has 0 unspecified atom stereocenters. The van der Waals surface area contributed by atoms with Crippen LogP contribution >= 0.6 is 0 Å². The fourth-order valence-electron chi connectivity index (χ4n) is 6.05. The lowest BCUT2D eigenvalue weighted by atomic mass is 9.53. The van der Waals surface area contributed by atoms with Crippen molar-refractivity contribution in [3.8, 4) is 17.0 Å². The fourth-order valence-corrected chi connectivity index (χ4v) is 6.05. The topological polar surface area (TPSA) is 67.0 Å². The van der Waals surface area contributed by atoms with Gasteiger partial charge in [0.15, 0.2) is 0 Å². The van der Waals surface area contributed by atoms with Crippen molar-refractivity contribution >= 4 is 5.91 Å². The summed E-state index contributed by atoms with van der Waals surface area (Å²) in [4.78, 5) is 19.9. The molecular weight excluding hydrogens is 345 g/mol. The fraction of sp³-hybridized carbons (Fsp3) is 0.524. The summed E-state index contributed by atoms with van der Waals surface area (Å²) in [6.07, 6.45) is 10.2. The number of carbonyl (C=O) groups excluding carboxylic acids is 1. The van der Waals surface area contributed by atoms with E-state index >= 15 is 0 Å². The van der Waals surface area contributed by atoms with E-state index in [0.29, 0.717) is 22.7 Å². The molecular formula is C21H24FN3O2. The molecule has 5 nitrogen and oxygen atoms in total. The molecule has 0 saturated heterocycles. The molecule has 4 bridgehead atoms. The first-order valence-corrected chi connectivity index (χ1v) is 9.74.